The smallest absolute Gasteiger partial charge is 0.320 e. The molecule has 0 unspecified atom stereocenters. The predicted octanol–water partition coefficient (Wildman–Crippen LogP) is 3.40. The van der Waals surface area contributed by atoms with Crippen LogP contribution >= 0.6 is 0 Å². The van der Waals surface area contributed by atoms with Crippen LogP contribution in [-0.4, -0.2) is 36.5 Å². The van der Waals surface area contributed by atoms with Crippen LogP contribution in [0.4, 0.5) is 20.7 Å². The molecule has 1 heterocycles. The molecule has 0 spiro atoms. The molecule has 0 radical (unpaired) electrons. The molecule has 3 N–H and O–H groups in total. The number of anilines is 2. The number of benzene rings is 1. The van der Waals surface area contributed by atoms with E-state index in [-0.39, 0.29) is 18.0 Å². The highest BCUT2D eigenvalue weighted by molar-refractivity contribution is 7.92. The zero-order valence-corrected chi connectivity index (χ0v) is 17.1. The summed E-state index contributed by atoms with van der Waals surface area (Å²) in [7, 11) is -3.72. The monoisotopic (exact) mass is 423 g/mol. The SMILES string of the molecule is Cc1ccc(NS(=O)(=O)CCNC(=O)Nc2ccn(C3CCCCC3)n2)cc1F. The summed E-state index contributed by atoms with van der Waals surface area (Å²) in [6, 6.07) is 5.65. The highest BCUT2D eigenvalue weighted by atomic mass is 32.2. The molecule has 8 nitrogen and oxygen atoms in total. The summed E-state index contributed by atoms with van der Waals surface area (Å²) in [4.78, 5) is 12.0. The molecule has 1 aromatic heterocycles. The number of urea groups is 1. The Morgan fingerprint density at radius 3 is 2.72 bits per heavy atom. The third-order valence-electron chi connectivity index (χ3n) is 4.90. The van der Waals surface area contributed by atoms with E-state index in [1.165, 1.54) is 31.4 Å². The van der Waals surface area contributed by atoms with Crippen molar-refractivity contribution >= 4 is 27.6 Å². The van der Waals surface area contributed by atoms with Crippen molar-refractivity contribution in [2.75, 3.05) is 22.3 Å². The highest BCUT2D eigenvalue weighted by Crippen LogP contribution is 2.27. The number of carbonyl (C=O) groups excluding carboxylic acids is 1. The Labute approximate surface area is 169 Å². The van der Waals surface area contributed by atoms with Gasteiger partial charge in [-0.25, -0.2) is 17.6 Å². The molecule has 2 aromatic rings. The molecule has 3 rings (SSSR count). The second kappa shape index (κ2) is 9.25. The van der Waals surface area contributed by atoms with Gasteiger partial charge in [0.05, 0.1) is 17.5 Å². The van der Waals surface area contributed by atoms with Crippen LogP contribution < -0.4 is 15.4 Å². The zero-order chi connectivity index (χ0) is 20.9. The average molecular weight is 424 g/mol. The van der Waals surface area contributed by atoms with Gasteiger partial charge in [0.2, 0.25) is 10.0 Å². The van der Waals surface area contributed by atoms with Gasteiger partial charge in [-0.1, -0.05) is 25.3 Å². The van der Waals surface area contributed by atoms with E-state index in [9.17, 15) is 17.6 Å². The largest absolute Gasteiger partial charge is 0.337 e. The number of hydrogen-bond donors (Lipinski definition) is 3. The van der Waals surface area contributed by atoms with Gasteiger partial charge in [-0.05, 0) is 37.5 Å². The van der Waals surface area contributed by atoms with E-state index in [0.717, 1.165) is 18.9 Å². The molecule has 1 aromatic carbocycles. The van der Waals surface area contributed by atoms with Gasteiger partial charge in [-0.3, -0.25) is 14.7 Å². The normalized spacial score (nSPS) is 15.1. The topological polar surface area (TPSA) is 105 Å². The lowest BCUT2D eigenvalue weighted by molar-refractivity contribution is 0.252. The number of hydrogen-bond acceptors (Lipinski definition) is 4. The predicted molar refractivity (Wildman–Crippen MR) is 110 cm³/mol. The fourth-order valence-corrected chi connectivity index (χ4v) is 4.26. The maximum Gasteiger partial charge on any atom is 0.320 e. The quantitative estimate of drug-likeness (QED) is 0.635. The number of amides is 2. The Kier molecular flexibility index (Phi) is 6.73. The van der Waals surface area contributed by atoms with Gasteiger partial charge in [0.25, 0.3) is 0 Å². The van der Waals surface area contributed by atoms with Gasteiger partial charge in [0.1, 0.15) is 5.82 Å². The average Bonchev–Trinajstić information content (AvgIpc) is 3.13. The van der Waals surface area contributed by atoms with E-state index in [0.29, 0.717) is 17.4 Å². The molecule has 2 amide bonds. The molecule has 1 aliphatic rings. The van der Waals surface area contributed by atoms with Crippen LogP contribution in [0.25, 0.3) is 0 Å². The molecule has 10 heteroatoms. The van der Waals surface area contributed by atoms with E-state index in [1.54, 1.807) is 13.0 Å². The number of halogens is 1. The Hall–Kier alpha value is -2.62. The molecule has 0 aliphatic heterocycles. The first-order valence-electron chi connectivity index (χ1n) is 9.69. The molecule has 0 atom stereocenters. The van der Waals surface area contributed by atoms with Crippen molar-refractivity contribution in [3.05, 3.63) is 41.8 Å². The second-order valence-corrected chi connectivity index (χ2v) is 9.08. The van der Waals surface area contributed by atoms with Crippen molar-refractivity contribution < 1.29 is 17.6 Å². The van der Waals surface area contributed by atoms with Crippen LogP contribution in [0.2, 0.25) is 0 Å². The standard InChI is InChI=1S/C19H26FN5O3S/c1-14-7-8-15(13-17(14)20)24-29(27,28)12-10-21-19(26)22-18-9-11-25(23-18)16-5-3-2-4-6-16/h7-9,11,13,16,24H,2-6,10,12H2,1H3,(H2,21,22,23,26). The Bertz CT molecular complexity index is 955. The number of nitrogens with zero attached hydrogens (tertiary/aromatic N) is 2. The minimum absolute atomic E-state index is 0.0984. The summed E-state index contributed by atoms with van der Waals surface area (Å²) in [6.45, 7) is 1.49. The first-order chi connectivity index (χ1) is 13.8. The van der Waals surface area contributed by atoms with Gasteiger partial charge in [-0.15, -0.1) is 0 Å². The van der Waals surface area contributed by atoms with Crippen LogP contribution in [0, 0.1) is 12.7 Å². The minimum Gasteiger partial charge on any atom is -0.337 e. The maximum absolute atomic E-state index is 13.5. The summed E-state index contributed by atoms with van der Waals surface area (Å²) in [5.74, 6) is -0.411. The van der Waals surface area contributed by atoms with Crippen LogP contribution in [0.1, 0.15) is 43.7 Å². The molecular weight excluding hydrogens is 397 g/mol. The Morgan fingerprint density at radius 1 is 1.24 bits per heavy atom. The van der Waals surface area contributed by atoms with Crippen LogP contribution in [0.5, 0.6) is 0 Å². The van der Waals surface area contributed by atoms with E-state index in [2.05, 4.69) is 20.5 Å². The Morgan fingerprint density at radius 2 is 2.00 bits per heavy atom. The van der Waals surface area contributed by atoms with Crippen LogP contribution in [0.3, 0.4) is 0 Å². The fraction of sp³-hybridized carbons (Fsp3) is 0.474. The zero-order valence-electron chi connectivity index (χ0n) is 16.3. The summed E-state index contributed by atoms with van der Waals surface area (Å²) < 4.78 is 41.9. The summed E-state index contributed by atoms with van der Waals surface area (Å²) in [5.41, 5.74) is 0.572. The van der Waals surface area contributed by atoms with E-state index >= 15 is 0 Å². The number of nitrogens with one attached hydrogen (secondary N) is 3. The van der Waals surface area contributed by atoms with Gasteiger partial charge in [0, 0.05) is 18.8 Å². The lowest BCUT2D eigenvalue weighted by atomic mass is 9.96. The van der Waals surface area contributed by atoms with Crippen molar-refractivity contribution in [3.63, 3.8) is 0 Å². The number of rotatable bonds is 7. The second-order valence-electron chi connectivity index (χ2n) is 7.24. The summed E-state index contributed by atoms with van der Waals surface area (Å²) in [5, 5.41) is 9.47. The molecule has 1 aliphatic carbocycles. The lowest BCUT2D eigenvalue weighted by Crippen LogP contribution is -2.34. The lowest BCUT2D eigenvalue weighted by Gasteiger charge is -2.21. The van der Waals surface area contributed by atoms with Crippen LogP contribution in [0.15, 0.2) is 30.5 Å². The number of aryl methyl sites for hydroxylation is 1. The molecule has 1 fully saturated rings. The van der Waals surface area contributed by atoms with Gasteiger partial charge in [-0.2, -0.15) is 5.10 Å². The van der Waals surface area contributed by atoms with E-state index in [1.807, 2.05) is 10.9 Å². The number of sulfonamides is 1. The van der Waals surface area contributed by atoms with E-state index < -0.39 is 21.9 Å². The number of aromatic nitrogens is 2. The molecule has 0 saturated heterocycles. The number of carbonyl (C=O) groups is 1. The molecular formula is C19H26FN5O3S. The van der Waals surface area contributed by atoms with Crippen molar-refractivity contribution in [1.82, 2.24) is 15.1 Å². The van der Waals surface area contributed by atoms with Crippen molar-refractivity contribution in [2.45, 2.75) is 45.1 Å². The van der Waals surface area contributed by atoms with Gasteiger partial charge >= 0.3 is 6.03 Å². The summed E-state index contributed by atoms with van der Waals surface area (Å²) in [6.07, 6.45) is 7.64. The third kappa shape index (κ3) is 6.18. The first-order valence-corrected chi connectivity index (χ1v) is 11.3. The van der Waals surface area contributed by atoms with Crippen molar-refractivity contribution in [1.29, 1.82) is 0 Å². The molecule has 29 heavy (non-hydrogen) atoms. The molecule has 0 bridgehead atoms. The Balaban J connectivity index is 1.44. The van der Waals surface area contributed by atoms with Crippen LogP contribution in [-0.2, 0) is 10.0 Å². The third-order valence-corrected chi connectivity index (χ3v) is 6.19. The van der Waals surface area contributed by atoms with Gasteiger partial charge in [0.15, 0.2) is 5.82 Å². The molecule has 1 saturated carbocycles. The van der Waals surface area contributed by atoms with E-state index in [4.69, 9.17) is 0 Å². The highest BCUT2D eigenvalue weighted by Gasteiger charge is 2.17. The van der Waals surface area contributed by atoms with Crippen molar-refractivity contribution in [2.24, 2.45) is 0 Å². The maximum atomic E-state index is 13.5. The van der Waals surface area contributed by atoms with Gasteiger partial charge < -0.3 is 5.32 Å². The molecule has 158 valence electrons. The first kappa shape index (κ1) is 21.1. The fourth-order valence-electron chi connectivity index (χ4n) is 3.30. The summed E-state index contributed by atoms with van der Waals surface area (Å²) >= 11 is 0. The van der Waals surface area contributed by atoms with Crippen molar-refractivity contribution in [3.8, 4) is 0 Å². The minimum atomic E-state index is -3.72.